The maximum atomic E-state index is 6.31. The number of hydrogen-bond donors (Lipinski definition) is 0. The topological polar surface area (TPSA) is 0 Å². The Morgan fingerprint density at radius 3 is 2.45 bits per heavy atom. The summed E-state index contributed by atoms with van der Waals surface area (Å²) in [6.45, 7) is 0. The van der Waals surface area contributed by atoms with Crippen LogP contribution >= 0.6 is 27.5 Å². The molecule has 0 aromatic heterocycles. The van der Waals surface area contributed by atoms with Crippen molar-refractivity contribution in [2.45, 2.75) is 43.4 Å². The zero-order valence-corrected chi connectivity index (χ0v) is 14.0. The van der Waals surface area contributed by atoms with Gasteiger partial charge in [-0.1, -0.05) is 90.0 Å². The van der Waals surface area contributed by atoms with Gasteiger partial charge < -0.3 is 0 Å². The average Bonchev–Trinajstić information content (AvgIpc) is 2.49. The van der Waals surface area contributed by atoms with Gasteiger partial charge in [-0.2, -0.15) is 0 Å². The summed E-state index contributed by atoms with van der Waals surface area (Å²) in [4.78, 5) is 0.438. The van der Waals surface area contributed by atoms with Gasteiger partial charge >= 0.3 is 0 Å². The van der Waals surface area contributed by atoms with Crippen LogP contribution in [0.4, 0.5) is 0 Å². The van der Waals surface area contributed by atoms with Gasteiger partial charge in [-0.15, -0.1) is 0 Å². The van der Waals surface area contributed by atoms with Gasteiger partial charge in [-0.25, -0.2) is 0 Å². The smallest absolute Gasteiger partial charge is 0.0484 e. The predicted molar refractivity (Wildman–Crippen MR) is 91.8 cm³/mol. The van der Waals surface area contributed by atoms with Crippen molar-refractivity contribution in [3.8, 4) is 0 Å². The molecule has 1 unspecified atom stereocenters. The first-order valence-electron chi connectivity index (χ1n) is 7.57. The second kappa shape index (κ2) is 6.49. The predicted octanol–water partition coefficient (Wildman–Crippen LogP) is 6.90. The molecule has 1 fully saturated rings. The van der Waals surface area contributed by atoms with E-state index in [9.17, 15) is 0 Å². The number of benzene rings is 2. The molecule has 0 aliphatic heterocycles. The summed E-state index contributed by atoms with van der Waals surface area (Å²) in [7, 11) is 0. The Labute approximate surface area is 134 Å². The number of halogens is 2. The zero-order chi connectivity index (χ0) is 13.9. The Kier molecular flexibility index (Phi) is 4.68. The molecule has 0 heterocycles. The lowest BCUT2D eigenvalue weighted by atomic mass is 9.84. The van der Waals surface area contributed by atoms with E-state index >= 15 is 0 Å². The van der Waals surface area contributed by atoms with Gasteiger partial charge in [0.15, 0.2) is 0 Å². The quantitative estimate of drug-likeness (QED) is 0.527. The SMILES string of the molecule is Clc1ccc(C(Br)CC2CCCCC2)c2ccccc12. The van der Waals surface area contributed by atoms with Crippen LogP contribution in [0.2, 0.25) is 5.02 Å². The van der Waals surface area contributed by atoms with E-state index in [0.29, 0.717) is 4.83 Å². The second-order valence-electron chi connectivity index (χ2n) is 5.89. The van der Waals surface area contributed by atoms with Gasteiger partial charge in [0.2, 0.25) is 0 Å². The molecule has 1 atom stereocenters. The third-order valence-electron chi connectivity index (χ3n) is 4.51. The standard InChI is InChI=1S/C18H20BrCl/c19-17(12-13-6-2-1-3-7-13)15-10-11-18(20)16-9-5-4-8-14(15)16/h4-5,8-11,13,17H,1-3,6-7,12H2. The Morgan fingerprint density at radius 1 is 1.00 bits per heavy atom. The van der Waals surface area contributed by atoms with Gasteiger partial charge in [0.25, 0.3) is 0 Å². The highest BCUT2D eigenvalue weighted by atomic mass is 79.9. The summed E-state index contributed by atoms with van der Waals surface area (Å²) in [5, 5.41) is 3.30. The lowest BCUT2D eigenvalue weighted by Gasteiger charge is -2.24. The van der Waals surface area contributed by atoms with E-state index in [-0.39, 0.29) is 0 Å². The maximum Gasteiger partial charge on any atom is 0.0484 e. The van der Waals surface area contributed by atoms with Crippen molar-refractivity contribution in [3.63, 3.8) is 0 Å². The van der Waals surface area contributed by atoms with Crippen LogP contribution in [0.5, 0.6) is 0 Å². The summed E-state index contributed by atoms with van der Waals surface area (Å²) in [5.74, 6) is 0.877. The monoisotopic (exact) mass is 350 g/mol. The zero-order valence-electron chi connectivity index (χ0n) is 11.6. The van der Waals surface area contributed by atoms with Gasteiger partial charge in [0.05, 0.1) is 0 Å². The minimum atomic E-state index is 0.438. The first-order valence-corrected chi connectivity index (χ1v) is 8.86. The van der Waals surface area contributed by atoms with Crippen LogP contribution < -0.4 is 0 Å². The summed E-state index contributed by atoms with van der Waals surface area (Å²) >= 11 is 10.2. The first-order chi connectivity index (χ1) is 9.75. The minimum Gasteiger partial charge on any atom is -0.0838 e. The fourth-order valence-electron chi connectivity index (χ4n) is 3.40. The molecule has 0 N–H and O–H groups in total. The van der Waals surface area contributed by atoms with Crippen molar-refractivity contribution >= 4 is 38.3 Å². The highest BCUT2D eigenvalue weighted by Crippen LogP contribution is 2.40. The molecule has 0 radical (unpaired) electrons. The Bertz CT molecular complexity index is 587. The molecule has 3 rings (SSSR count). The molecule has 0 nitrogen and oxygen atoms in total. The van der Waals surface area contributed by atoms with Crippen LogP contribution in [0.3, 0.4) is 0 Å². The minimum absolute atomic E-state index is 0.438. The summed E-state index contributed by atoms with van der Waals surface area (Å²) < 4.78 is 0. The normalized spacial score (nSPS) is 18.3. The van der Waals surface area contributed by atoms with Crippen molar-refractivity contribution in [1.82, 2.24) is 0 Å². The number of fused-ring (bicyclic) bond motifs is 1. The van der Waals surface area contributed by atoms with Crippen LogP contribution in [0.25, 0.3) is 10.8 Å². The van der Waals surface area contributed by atoms with Crippen LogP contribution in [0.15, 0.2) is 36.4 Å². The van der Waals surface area contributed by atoms with Crippen molar-refractivity contribution in [3.05, 3.63) is 47.0 Å². The largest absolute Gasteiger partial charge is 0.0838 e. The van der Waals surface area contributed by atoms with E-state index in [0.717, 1.165) is 10.9 Å². The van der Waals surface area contributed by atoms with E-state index in [1.54, 1.807) is 0 Å². The van der Waals surface area contributed by atoms with Crippen molar-refractivity contribution < 1.29 is 0 Å². The second-order valence-corrected chi connectivity index (χ2v) is 7.40. The molecular formula is C18H20BrCl. The summed E-state index contributed by atoms with van der Waals surface area (Å²) in [6.07, 6.45) is 8.28. The van der Waals surface area contributed by atoms with Crippen LogP contribution in [-0.4, -0.2) is 0 Å². The maximum absolute atomic E-state index is 6.31. The molecule has 1 saturated carbocycles. The summed E-state index contributed by atoms with van der Waals surface area (Å²) in [5.41, 5.74) is 1.38. The third kappa shape index (κ3) is 3.04. The van der Waals surface area contributed by atoms with Crippen molar-refractivity contribution in [1.29, 1.82) is 0 Å². The number of alkyl halides is 1. The Balaban J connectivity index is 1.87. The van der Waals surface area contributed by atoms with Gasteiger partial charge in [0, 0.05) is 15.2 Å². The van der Waals surface area contributed by atoms with E-state index in [1.165, 1.54) is 54.9 Å². The number of hydrogen-bond acceptors (Lipinski definition) is 0. The summed E-state index contributed by atoms with van der Waals surface area (Å²) in [6, 6.07) is 12.7. The van der Waals surface area contributed by atoms with Crippen LogP contribution in [-0.2, 0) is 0 Å². The lowest BCUT2D eigenvalue weighted by Crippen LogP contribution is -2.08. The molecule has 2 aromatic rings. The van der Waals surface area contributed by atoms with Gasteiger partial charge in [-0.05, 0) is 29.4 Å². The molecule has 1 aliphatic rings. The van der Waals surface area contributed by atoms with E-state index in [2.05, 4.69) is 46.3 Å². The molecule has 1 aliphatic carbocycles. The fourth-order valence-corrected chi connectivity index (χ4v) is 4.56. The lowest BCUT2D eigenvalue weighted by molar-refractivity contribution is 0.339. The highest BCUT2D eigenvalue weighted by Gasteiger charge is 2.20. The Hall–Kier alpha value is -0.530. The van der Waals surface area contributed by atoms with E-state index < -0.39 is 0 Å². The molecule has 20 heavy (non-hydrogen) atoms. The molecule has 0 bridgehead atoms. The van der Waals surface area contributed by atoms with E-state index in [4.69, 9.17) is 11.6 Å². The molecule has 106 valence electrons. The van der Waals surface area contributed by atoms with E-state index in [1.807, 2.05) is 6.07 Å². The molecule has 2 aromatic carbocycles. The average molecular weight is 352 g/mol. The van der Waals surface area contributed by atoms with Gasteiger partial charge in [0.1, 0.15) is 0 Å². The van der Waals surface area contributed by atoms with Crippen molar-refractivity contribution in [2.24, 2.45) is 5.92 Å². The highest BCUT2D eigenvalue weighted by molar-refractivity contribution is 9.09. The van der Waals surface area contributed by atoms with Crippen molar-refractivity contribution in [2.75, 3.05) is 0 Å². The molecule has 0 amide bonds. The number of rotatable bonds is 3. The molecule has 0 spiro atoms. The first kappa shape index (κ1) is 14.4. The van der Waals surface area contributed by atoms with Crippen LogP contribution in [0, 0.1) is 5.92 Å². The van der Waals surface area contributed by atoms with Gasteiger partial charge in [-0.3, -0.25) is 0 Å². The molecule has 0 saturated heterocycles. The fraction of sp³-hybridized carbons (Fsp3) is 0.444. The van der Waals surface area contributed by atoms with Crippen LogP contribution in [0.1, 0.15) is 48.9 Å². The third-order valence-corrected chi connectivity index (χ3v) is 5.70. The Morgan fingerprint density at radius 2 is 1.70 bits per heavy atom. The molecule has 2 heteroatoms. The molecular weight excluding hydrogens is 332 g/mol.